The fourth-order valence-corrected chi connectivity index (χ4v) is 2.68. The molecule has 1 aliphatic rings. The van der Waals surface area contributed by atoms with Crippen molar-refractivity contribution in [2.45, 2.75) is 26.7 Å². The molecule has 6 nitrogen and oxygen atoms in total. The summed E-state index contributed by atoms with van der Waals surface area (Å²) >= 11 is 1.34. The summed E-state index contributed by atoms with van der Waals surface area (Å²) in [5.41, 5.74) is 1.94. The summed E-state index contributed by atoms with van der Waals surface area (Å²) in [6.45, 7) is 6.09. The SMILES string of the molecule is CC(C)C(=O)Nc1nc(CC(=O)NCC2=CCNCC2)cs1.Cl.Cl. The van der Waals surface area contributed by atoms with Gasteiger partial charge >= 0.3 is 0 Å². The standard InChI is InChI=1S/C15H22N4O2S.2ClH/c1-10(2)14(21)19-15-18-12(9-22-15)7-13(20)17-8-11-3-5-16-6-4-11;;/h3,9-10,16H,4-8H2,1-2H3,(H,17,20)(H,18,19,21);2*1H. The molecule has 1 aromatic heterocycles. The molecule has 0 aliphatic carbocycles. The molecule has 2 heterocycles. The highest BCUT2D eigenvalue weighted by Crippen LogP contribution is 2.16. The van der Waals surface area contributed by atoms with Gasteiger partial charge in [0.1, 0.15) is 0 Å². The molecule has 0 spiro atoms. The number of hydrogen-bond acceptors (Lipinski definition) is 5. The van der Waals surface area contributed by atoms with Crippen LogP contribution in [0.1, 0.15) is 26.0 Å². The minimum Gasteiger partial charge on any atom is -0.352 e. The number of carbonyl (C=O) groups excluding carboxylic acids is 2. The van der Waals surface area contributed by atoms with Crippen LogP contribution in [0.2, 0.25) is 0 Å². The molecule has 0 bridgehead atoms. The van der Waals surface area contributed by atoms with E-state index in [9.17, 15) is 9.59 Å². The Balaban J connectivity index is 0.00000264. The molecule has 136 valence electrons. The Bertz CT molecular complexity index is 576. The maximum Gasteiger partial charge on any atom is 0.228 e. The zero-order chi connectivity index (χ0) is 15.9. The van der Waals surface area contributed by atoms with E-state index in [1.54, 1.807) is 5.38 Å². The van der Waals surface area contributed by atoms with Crippen LogP contribution in [-0.2, 0) is 16.0 Å². The van der Waals surface area contributed by atoms with E-state index >= 15 is 0 Å². The quantitative estimate of drug-likeness (QED) is 0.645. The summed E-state index contributed by atoms with van der Waals surface area (Å²) in [4.78, 5) is 27.8. The molecule has 0 saturated heterocycles. The van der Waals surface area contributed by atoms with E-state index in [0.29, 0.717) is 17.4 Å². The number of nitrogens with zero attached hydrogens (tertiary/aromatic N) is 1. The second kappa shape index (κ2) is 11.4. The van der Waals surface area contributed by atoms with Crippen molar-refractivity contribution in [3.8, 4) is 0 Å². The van der Waals surface area contributed by atoms with Crippen LogP contribution in [0.3, 0.4) is 0 Å². The van der Waals surface area contributed by atoms with Crippen LogP contribution in [0.25, 0.3) is 0 Å². The fourth-order valence-electron chi connectivity index (χ4n) is 1.96. The van der Waals surface area contributed by atoms with E-state index in [2.05, 4.69) is 27.0 Å². The summed E-state index contributed by atoms with van der Waals surface area (Å²) in [6, 6.07) is 0. The fraction of sp³-hybridized carbons (Fsp3) is 0.533. The van der Waals surface area contributed by atoms with E-state index in [1.165, 1.54) is 16.9 Å². The zero-order valence-corrected chi connectivity index (χ0v) is 16.2. The van der Waals surface area contributed by atoms with E-state index in [0.717, 1.165) is 19.5 Å². The molecular formula is C15H24Cl2N4O2S. The Kier molecular flexibility index (Phi) is 10.9. The van der Waals surface area contributed by atoms with E-state index in [4.69, 9.17) is 0 Å². The molecule has 0 aromatic carbocycles. The predicted octanol–water partition coefficient (Wildman–Crippen LogP) is 2.16. The van der Waals surface area contributed by atoms with Crippen molar-refractivity contribution >= 4 is 53.1 Å². The van der Waals surface area contributed by atoms with Crippen molar-refractivity contribution in [3.63, 3.8) is 0 Å². The summed E-state index contributed by atoms with van der Waals surface area (Å²) in [6.07, 6.45) is 3.33. The number of amides is 2. The number of halogens is 2. The third kappa shape index (κ3) is 7.61. The molecule has 1 aromatic rings. The summed E-state index contributed by atoms with van der Waals surface area (Å²) in [7, 11) is 0. The van der Waals surface area contributed by atoms with Gasteiger partial charge < -0.3 is 16.0 Å². The first-order valence-electron chi connectivity index (χ1n) is 7.45. The van der Waals surface area contributed by atoms with Crippen LogP contribution in [0.15, 0.2) is 17.0 Å². The molecule has 0 unspecified atom stereocenters. The molecule has 9 heteroatoms. The number of rotatable bonds is 6. The van der Waals surface area contributed by atoms with Gasteiger partial charge in [0.05, 0.1) is 12.1 Å². The van der Waals surface area contributed by atoms with E-state index < -0.39 is 0 Å². The van der Waals surface area contributed by atoms with Gasteiger partial charge in [-0.3, -0.25) is 9.59 Å². The van der Waals surface area contributed by atoms with Crippen molar-refractivity contribution in [1.29, 1.82) is 0 Å². The largest absolute Gasteiger partial charge is 0.352 e. The molecule has 2 amide bonds. The second-order valence-electron chi connectivity index (χ2n) is 5.56. The van der Waals surface area contributed by atoms with Gasteiger partial charge in [-0.25, -0.2) is 4.98 Å². The van der Waals surface area contributed by atoms with Crippen molar-refractivity contribution in [2.24, 2.45) is 5.92 Å². The Labute approximate surface area is 158 Å². The Hall–Kier alpha value is -1.15. The maximum absolute atomic E-state index is 11.9. The molecule has 0 saturated carbocycles. The molecule has 1 aliphatic heterocycles. The lowest BCUT2D eigenvalue weighted by Gasteiger charge is -2.14. The minimum absolute atomic E-state index is 0. The minimum atomic E-state index is -0.0890. The van der Waals surface area contributed by atoms with Crippen LogP contribution >= 0.6 is 36.2 Å². The Morgan fingerprint density at radius 1 is 1.38 bits per heavy atom. The van der Waals surface area contributed by atoms with E-state index in [1.807, 2.05) is 13.8 Å². The van der Waals surface area contributed by atoms with Crippen LogP contribution in [0.4, 0.5) is 5.13 Å². The van der Waals surface area contributed by atoms with E-state index in [-0.39, 0.29) is 49.0 Å². The molecule has 0 radical (unpaired) electrons. The first kappa shape index (κ1) is 22.9. The lowest BCUT2D eigenvalue weighted by atomic mass is 10.1. The highest BCUT2D eigenvalue weighted by Gasteiger charge is 2.12. The van der Waals surface area contributed by atoms with Crippen LogP contribution in [-0.4, -0.2) is 36.4 Å². The monoisotopic (exact) mass is 394 g/mol. The van der Waals surface area contributed by atoms with Gasteiger partial charge in [0.25, 0.3) is 0 Å². The molecule has 2 rings (SSSR count). The van der Waals surface area contributed by atoms with Gasteiger partial charge in [0.15, 0.2) is 5.13 Å². The lowest BCUT2D eigenvalue weighted by molar-refractivity contribution is -0.120. The summed E-state index contributed by atoms with van der Waals surface area (Å²) in [5.74, 6) is -0.205. The highest BCUT2D eigenvalue weighted by atomic mass is 35.5. The average Bonchev–Trinajstić information content (AvgIpc) is 2.93. The van der Waals surface area contributed by atoms with Crippen LogP contribution in [0, 0.1) is 5.92 Å². The van der Waals surface area contributed by atoms with Gasteiger partial charge in [0.2, 0.25) is 11.8 Å². The number of nitrogens with one attached hydrogen (secondary N) is 3. The summed E-state index contributed by atoms with van der Waals surface area (Å²) in [5, 5.41) is 11.2. The second-order valence-corrected chi connectivity index (χ2v) is 6.42. The van der Waals surface area contributed by atoms with Crippen molar-refractivity contribution in [2.75, 3.05) is 25.0 Å². The highest BCUT2D eigenvalue weighted by molar-refractivity contribution is 7.13. The number of carbonyl (C=O) groups is 2. The smallest absolute Gasteiger partial charge is 0.228 e. The van der Waals surface area contributed by atoms with Gasteiger partial charge in [-0.2, -0.15) is 0 Å². The topological polar surface area (TPSA) is 83.1 Å². The first-order chi connectivity index (χ1) is 10.5. The Morgan fingerprint density at radius 2 is 2.12 bits per heavy atom. The molecule has 0 fully saturated rings. The van der Waals surface area contributed by atoms with Crippen molar-refractivity contribution in [3.05, 3.63) is 22.7 Å². The maximum atomic E-state index is 11.9. The average molecular weight is 395 g/mol. The van der Waals surface area contributed by atoms with Gasteiger partial charge in [-0.1, -0.05) is 25.5 Å². The third-order valence-electron chi connectivity index (χ3n) is 3.32. The van der Waals surface area contributed by atoms with Crippen LogP contribution in [0.5, 0.6) is 0 Å². The van der Waals surface area contributed by atoms with Gasteiger partial charge in [0, 0.05) is 24.4 Å². The number of thiazole rings is 1. The molecular weight excluding hydrogens is 371 g/mol. The van der Waals surface area contributed by atoms with Crippen molar-refractivity contribution in [1.82, 2.24) is 15.6 Å². The molecule has 3 N–H and O–H groups in total. The molecule has 24 heavy (non-hydrogen) atoms. The van der Waals surface area contributed by atoms with Crippen LogP contribution < -0.4 is 16.0 Å². The molecule has 0 atom stereocenters. The Morgan fingerprint density at radius 3 is 2.75 bits per heavy atom. The number of hydrogen-bond donors (Lipinski definition) is 3. The zero-order valence-electron chi connectivity index (χ0n) is 13.8. The third-order valence-corrected chi connectivity index (χ3v) is 4.13. The predicted molar refractivity (Wildman–Crippen MR) is 102 cm³/mol. The van der Waals surface area contributed by atoms with Gasteiger partial charge in [-0.15, -0.1) is 36.2 Å². The normalized spacial score (nSPS) is 13.4. The summed E-state index contributed by atoms with van der Waals surface area (Å²) < 4.78 is 0. The number of anilines is 1. The lowest BCUT2D eigenvalue weighted by Crippen LogP contribution is -2.30. The number of aromatic nitrogens is 1. The first-order valence-corrected chi connectivity index (χ1v) is 8.33. The van der Waals surface area contributed by atoms with Crippen molar-refractivity contribution < 1.29 is 9.59 Å². The van der Waals surface area contributed by atoms with Gasteiger partial charge in [-0.05, 0) is 13.0 Å².